The number of carbonyl (C=O) groups is 1. The lowest BCUT2D eigenvalue weighted by Gasteiger charge is -2.12. The highest BCUT2D eigenvalue weighted by atomic mass is 32.2. The minimum atomic E-state index is -3.54. The number of ether oxygens (including phenoxy) is 1. The molecular weight excluding hydrogens is 364 g/mol. The molecule has 0 radical (unpaired) electrons. The van der Waals surface area contributed by atoms with Crippen LogP contribution in [-0.2, 0) is 14.8 Å². The number of benzene rings is 2. The molecule has 1 amide bonds. The smallest absolute Gasteiger partial charge is 0.240 e. The van der Waals surface area contributed by atoms with Crippen molar-refractivity contribution in [2.45, 2.75) is 44.0 Å². The van der Waals surface area contributed by atoms with Gasteiger partial charge in [-0.1, -0.05) is 25.1 Å². The van der Waals surface area contributed by atoms with Crippen LogP contribution in [0.4, 0.5) is 5.69 Å². The Bertz CT molecular complexity index is 821. The topological polar surface area (TPSA) is 84.5 Å². The standard InChI is InChI=1S/C20H26N2O4S/c1-3-16(2)22-27(24,25)19-13-11-17(12-14-19)21-20(23)10-7-15-26-18-8-5-4-6-9-18/h4-6,8-9,11-14,16,22H,3,7,10,15H2,1-2H3,(H,21,23)/t16-/m1/s1. The first-order valence-corrected chi connectivity index (χ1v) is 10.5. The third kappa shape index (κ3) is 7.03. The number of nitrogens with one attached hydrogen (secondary N) is 2. The number of carbonyl (C=O) groups excluding carboxylic acids is 1. The molecule has 0 aliphatic rings. The first kappa shape index (κ1) is 20.9. The van der Waals surface area contributed by atoms with Gasteiger partial charge < -0.3 is 10.1 Å². The van der Waals surface area contributed by atoms with Gasteiger partial charge in [0.2, 0.25) is 15.9 Å². The van der Waals surface area contributed by atoms with Crippen LogP contribution in [0.5, 0.6) is 5.75 Å². The van der Waals surface area contributed by atoms with Gasteiger partial charge in [-0.05, 0) is 56.2 Å². The third-order valence-electron chi connectivity index (χ3n) is 3.98. The van der Waals surface area contributed by atoms with E-state index in [0.29, 0.717) is 31.6 Å². The summed E-state index contributed by atoms with van der Waals surface area (Å²) in [5, 5.41) is 2.76. The Kier molecular flexibility index (Phi) is 7.82. The summed E-state index contributed by atoms with van der Waals surface area (Å²) in [4.78, 5) is 12.2. The zero-order valence-electron chi connectivity index (χ0n) is 15.6. The van der Waals surface area contributed by atoms with E-state index in [-0.39, 0.29) is 16.8 Å². The minimum Gasteiger partial charge on any atom is -0.494 e. The molecule has 6 nitrogen and oxygen atoms in total. The molecule has 7 heteroatoms. The predicted octanol–water partition coefficient (Wildman–Crippen LogP) is 3.56. The van der Waals surface area contributed by atoms with Crippen LogP contribution in [-0.4, -0.2) is 27.0 Å². The molecule has 0 heterocycles. The highest BCUT2D eigenvalue weighted by Crippen LogP contribution is 2.15. The molecule has 0 saturated heterocycles. The highest BCUT2D eigenvalue weighted by molar-refractivity contribution is 7.89. The van der Waals surface area contributed by atoms with Crippen LogP contribution in [0.25, 0.3) is 0 Å². The van der Waals surface area contributed by atoms with Crippen molar-refractivity contribution >= 4 is 21.6 Å². The Labute approximate surface area is 161 Å². The van der Waals surface area contributed by atoms with Gasteiger partial charge in [0.05, 0.1) is 11.5 Å². The first-order valence-electron chi connectivity index (χ1n) is 9.01. The van der Waals surface area contributed by atoms with Gasteiger partial charge in [-0.15, -0.1) is 0 Å². The van der Waals surface area contributed by atoms with Crippen LogP contribution in [0.1, 0.15) is 33.1 Å². The fourth-order valence-corrected chi connectivity index (χ4v) is 3.62. The fourth-order valence-electron chi connectivity index (χ4n) is 2.30. The van der Waals surface area contributed by atoms with Crippen LogP contribution >= 0.6 is 0 Å². The molecule has 1 atom stereocenters. The van der Waals surface area contributed by atoms with E-state index >= 15 is 0 Å². The number of hydrogen-bond acceptors (Lipinski definition) is 4. The third-order valence-corrected chi connectivity index (χ3v) is 5.58. The van der Waals surface area contributed by atoms with E-state index in [1.807, 2.05) is 44.2 Å². The second kappa shape index (κ2) is 10.1. The summed E-state index contributed by atoms with van der Waals surface area (Å²) < 4.78 is 32.6. The lowest BCUT2D eigenvalue weighted by atomic mass is 10.2. The van der Waals surface area contributed by atoms with E-state index in [0.717, 1.165) is 5.75 Å². The van der Waals surface area contributed by atoms with E-state index in [9.17, 15) is 13.2 Å². The molecule has 0 bridgehead atoms. The highest BCUT2D eigenvalue weighted by Gasteiger charge is 2.16. The Hall–Kier alpha value is -2.38. The van der Waals surface area contributed by atoms with Crippen molar-refractivity contribution in [1.29, 1.82) is 0 Å². The fraction of sp³-hybridized carbons (Fsp3) is 0.350. The number of amides is 1. The largest absolute Gasteiger partial charge is 0.494 e. The molecule has 0 spiro atoms. The van der Waals surface area contributed by atoms with Gasteiger partial charge in [0.15, 0.2) is 0 Å². The van der Waals surface area contributed by atoms with E-state index in [1.165, 1.54) is 12.1 Å². The number of rotatable bonds is 10. The predicted molar refractivity (Wildman–Crippen MR) is 106 cm³/mol. The van der Waals surface area contributed by atoms with Crippen molar-refractivity contribution in [2.75, 3.05) is 11.9 Å². The van der Waals surface area contributed by atoms with Crippen molar-refractivity contribution < 1.29 is 17.9 Å². The van der Waals surface area contributed by atoms with Gasteiger partial charge in [-0.3, -0.25) is 4.79 Å². The molecule has 0 aliphatic carbocycles. The Balaban J connectivity index is 1.79. The number of anilines is 1. The molecule has 0 aromatic heterocycles. The SMILES string of the molecule is CC[C@@H](C)NS(=O)(=O)c1ccc(NC(=O)CCCOc2ccccc2)cc1. The quantitative estimate of drug-likeness (QED) is 0.608. The van der Waals surface area contributed by atoms with Gasteiger partial charge in [0.1, 0.15) is 5.75 Å². The average molecular weight is 391 g/mol. The van der Waals surface area contributed by atoms with E-state index in [1.54, 1.807) is 12.1 Å². The molecule has 27 heavy (non-hydrogen) atoms. The van der Waals surface area contributed by atoms with Crippen LogP contribution in [0, 0.1) is 0 Å². The van der Waals surface area contributed by atoms with E-state index < -0.39 is 10.0 Å². The number of para-hydroxylation sites is 1. The van der Waals surface area contributed by atoms with Gasteiger partial charge in [-0.25, -0.2) is 13.1 Å². The lowest BCUT2D eigenvalue weighted by molar-refractivity contribution is -0.116. The Morgan fingerprint density at radius 3 is 2.37 bits per heavy atom. The summed E-state index contributed by atoms with van der Waals surface area (Å²) in [7, 11) is -3.54. The monoisotopic (exact) mass is 390 g/mol. The molecule has 0 aliphatic heterocycles. The zero-order chi connectivity index (χ0) is 19.7. The maximum absolute atomic E-state index is 12.2. The minimum absolute atomic E-state index is 0.132. The summed E-state index contributed by atoms with van der Waals surface area (Å²) in [6.45, 7) is 4.18. The molecule has 0 unspecified atom stereocenters. The second-order valence-corrected chi connectivity index (χ2v) is 7.98. The maximum Gasteiger partial charge on any atom is 0.240 e. The van der Waals surface area contributed by atoms with E-state index in [2.05, 4.69) is 10.0 Å². The lowest BCUT2D eigenvalue weighted by Crippen LogP contribution is -2.31. The summed E-state index contributed by atoms with van der Waals surface area (Å²) >= 11 is 0. The van der Waals surface area contributed by atoms with Crippen LogP contribution < -0.4 is 14.8 Å². The van der Waals surface area contributed by atoms with Crippen LogP contribution in [0.15, 0.2) is 59.5 Å². The molecule has 0 saturated carbocycles. The summed E-state index contributed by atoms with van der Waals surface area (Å²) in [6, 6.07) is 15.4. The molecule has 146 valence electrons. The number of sulfonamides is 1. The average Bonchev–Trinajstić information content (AvgIpc) is 2.66. The zero-order valence-corrected chi connectivity index (χ0v) is 16.5. The second-order valence-electron chi connectivity index (χ2n) is 6.27. The van der Waals surface area contributed by atoms with Crippen molar-refractivity contribution in [3.05, 3.63) is 54.6 Å². The molecular formula is C20H26N2O4S. The van der Waals surface area contributed by atoms with Gasteiger partial charge >= 0.3 is 0 Å². The summed E-state index contributed by atoms with van der Waals surface area (Å²) in [6.07, 6.45) is 1.62. The molecule has 2 N–H and O–H groups in total. The summed E-state index contributed by atoms with van der Waals surface area (Å²) in [5.41, 5.74) is 0.562. The maximum atomic E-state index is 12.2. The first-order chi connectivity index (χ1) is 12.9. The Morgan fingerprint density at radius 2 is 1.74 bits per heavy atom. The van der Waals surface area contributed by atoms with Gasteiger partial charge in [-0.2, -0.15) is 0 Å². The van der Waals surface area contributed by atoms with Crippen LogP contribution in [0.2, 0.25) is 0 Å². The Morgan fingerprint density at radius 1 is 1.07 bits per heavy atom. The molecule has 2 rings (SSSR count). The van der Waals surface area contributed by atoms with Gasteiger partial charge in [0, 0.05) is 18.2 Å². The van der Waals surface area contributed by atoms with Gasteiger partial charge in [0.25, 0.3) is 0 Å². The van der Waals surface area contributed by atoms with Crippen molar-refractivity contribution in [3.8, 4) is 5.75 Å². The molecule has 2 aromatic rings. The summed E-state index contributed by atoms with van der Waals surface area (Å²) in [5.74, 6) is 0.640. The number of hydrogen-bond donors (Lipinski definition) is 2. The normalized spacial score (nSPS) is 12.4. The molecule has 0 fully saturated rings. The van der Waals surface area contributed by atoms with Crippen LogP contribution in [0.3, 0.4) is 0 Å². The van der Waals surface area contributed by atoms with Crippen molar-refractivity contribution in [2.24, 2.45) is 0 Å². The van der Waals surface area contributed by atoms with E-state index in [4.69, 9.17) is 4.74 Å². The van der Waals surface area contributed by atoms with Crippen molar-refractivity contribution in [3.63, 3.8) is 0 Å². The van der Waals surface area contributed by atoms with Crippen molar-refractivity contribution in [1.82, 2.24) is 4.72 Å². The molecule has 2 aromatic carbocycles.